The third kappa shape index (κ3) is 4.46. The van der Waals surface area contributed by atoms with E-state index in [9.17, 15) is 14.7 Å². The molecule has 102 valence electrons. The molecule has 0 heterocycles. The first-order chi connectivity index (χ1) is 8.93. The molecule has 0 saturated carbocycles. The zero-order chi connectivity index (χ0) is 14.4. The van der Waals surface area contributed by atoms with Gasteiger partial charge in [0, 0.05) is 12.0 Å². The number of nitrogens with one attached hydrogen (secondary N) is 1. The van der Waals surface area contributed by atoms with Crippen molar-refractivity contribution in [2.75, 3.05) is 7.11 Å². The van der Waals surface area contributed by atoms with Gasteiger partial charge in [-0.3, -0.25) is 4.79 Å². The van der Waals surface area contributed by atoms with Crippen molar-refractivity contribution in [2.45, 2.75) is 19.4 Å². The summed E-state index contributed by atoms with van der Waals surface area (Å²) in [6.07, 6.45) is 0.284. The highest BCUT2D eigenvalue weighted by Gasteiger charge is 2.22. The van der Waals surface area contributed by atoms with Crippen molar-refractivity contribution in [1.82, 2.24) is 5.32 Å². The summed E-state index contributed by atoms with van der Waals surface area (Å²) in [6.45, 7) is 5.07. The Bertz CT molecular complexity index is 479. The monoisotopic (exact) mass is 263 g/mol. The second kappa shape index (κ2) is 6.58. The molecule has 0 bridgehead atoms. The van der Waals surface area contributed by atoms with Crippen LogP contribution in [0.25, 0.3) is 0 Å². The van der Waals surface area contributed by atoms with Gasteiger partial charge in [-0.25, -0.2) is 4.79 Å². The number of esters is 1. The molecule has 5 heteroatoms. The Morgan fingerprint density at radius 1 is 1.37 bits per heavy atom. The maximum absolute atomic E-state index is 11.6. The molecule has 0 aliphatic rings. The van der Waals surface area contributed by atoms with Crippen LogP contribution >= 0.6 is 0 Å². The van der Waals surface area contributed by atoms with Crippen molar-refractivity contribution < 1.29 is 19.4 Å². The summed E-state index contributed by atoms with van der Waals surface area (Å²) in [5.41, 5.74) is 1.12. The third-order valence-electron chi connectivity index (χ3n) is 2.55. The number of carbonyl (C=O) groups excluding carboxylic acids is 2. The summed E-state index contributed by atoms with van der Waals surface area (Å²) in [5.74, 6) is -0.777. The Kier molecular flexibility index (Phi) is 5.11. The quantitative estimate of drug-likeness (QED) is 0.617. The molecule has 1 aromatic carbocycles. The number of methoxy groups -OCH3 is 1. The number of rotatable bonds is 5. The first kappa shape index (κ1) is 14.8. The Balaban J connectivity index is 2.80. The lowest BCUT2D eigenvalue weighted by molar-refractivity contribution is -0.144. The minimum absolute atomic E-state index is 0.143. The Morgan fingerprint density at radius 3 is 2.42 bits per heavy atom. The van der Waals surface area contributed by atoms with Crippen LogP contribution in [0, 0.1) is 0 Å². The Morgan fingerprint density at radius 2 is 1.95 bits per heavy atom. The van der Waals surface area contributed by atoms with Crippen molar-refractivity contribution in [3.8, 4) is 5.75 Å². The van der Waals surface area contributed by atoms with Crippen LogP contribution in [0.15, 0.2) is 36.4 Å². The largest absolute Gasteiger partial charge is 0.508 e. The fraction of sp³-hybridized carbons (Fsp3) is 0.286. The van der Waals surface area contributed by atoms with Crippen LogP contribution in [0.4, 0.5) is 0 Å². The number of phenolic OH excluding ortho intramolecular Hbond substituents is 1. The average molecular weight is 263 g/mol. The first-order valence-corrected chi connectivity index (χ1v) is 5.76. The zero-order valence-corrected chi connectivity index (χ0v) is 11.0. The van der Waals surface area contributed by atoms with Crippen molar-refractivity contribution in [2.24, 2.45) is 0 Å². The van der Waals surface area contributed by atoms with E-state index in [1.54, 1.807) is 19.1 Å². The number of ether oxygens (including phenoxy) is 1. The molecule has 1 atom stereocenters. The van der Waals surface area contributed by atoms with Crippen LogP contribution in [0.5, 0.6) is 5.75 Å². The SMILES string of the molecule is C=C(C)C(=O)N[C@@H](Cc1ccc(O)cc1)C(=O)OC. The molecule has 1 aromatic rings. The van der Waals surface area contributed by atoms with Crippen LogP contribution in [0.2, 0.25) is 0 Å². The lowest BCUT2D eigenvalue weighted by atomic mass is 10.1. The molecule has 0 aliphatic heterocycles. The number of aromatic hydroxyl groups is 1. The van der Waals surface area contributed by atoms with E-state index in [1.807, 2.05) is 0 Å². The summed E-state index contributed by atoms with van der Waals surface area (Å²) in [4.78, 5) is 23.2. The molecule has 5 nitrogen and oxygen atoms in total. The summed E-state index contributed by atoms with van der Waals surface area (Å²) >= 11 is 0. The molecule has 0 unspecified atom stereocenters. The number of carbonyl (C=O) groups is 2. The van der Waals surface area contributed by atoms with Crippen molar-refractivity contribution >= 4 is 11.9 Å². The number of phenols is 1. The standard InChI is InChI=1S/C14H17NO4/c1-9(2)13(17)15-12(14(18)19-3)8-10-4-6-11(16)7-5-10/h4-7,12,16H,1,8H2,2-3H3,(H,15,17)/t12-/m0/s1. The fourth-order valence-corrected chi connectivity index (χ4v) is 1.48. The Hall–Kier alpha value is -2.30. The predicted molar refractivity (Wildman–Crippen MR) is 70.6 cm³/mol. The van der Waals surface area contributed by atoms with E-state index < -0.39 is 17.9 Å². The normalized spacial score (nSPS) is 11.5. The smallest absolute Gasteiger partial charge is 0.328 e. The molecule has 0 spiro atoms. The minimum Gasteiger partial charge on any atom is -0.508 e. The average Bonchev–Trinajstić information content (AvgIpc) is 2.39. The van der Waals surface area contributed by atoms with Gasteiger partial charge in [-0.1, -0.05) is 18.7 Å². The van der Waals surface area contributed by atoms with E-state index in [2.05, 4.69) is 16.6 Å². The maximum Gasteiger partial charge on any atom is 0.328 e. The van der Waals surface area contributed by atoms with Gasteiger partial charge in [-0.2, -0.15) is 0 Å². The summed E-state index contributed by atoms with van der Waals surface area (Å²) in [6, 6.07) is 5.61. The highest BCUT2D eigenvalue weighted by Crippen LogP contribution is 2.12. The van der Waals surface area contributed by atoms with E-state index in [4.69, 9.17) is 0 Å². The van der Waals surface area contributed by atoms with Crippen LogP contribution in [0.3, 0.4) is 0 Å². The van der Waals surface area contributed by atoms with Gasteiger partial charge in [0.15, 0.2) is 0 Å². The topological polar surface area (TPSA) is 75.6 Å². The maximum atomic E-state index is 11.6. The fourth-order valence-electron chi connectivity index (χ4n) is 1.48. The van der Waals surface area contributed by atoms with Gasteiger partial charge in [-0.05, 0) is 24.6 Å². The summed E-state index contributed by atoms with van der Waals surface area (Å²) in [5, 5.41) is 11.7. The molecule has 19 heavy (non-hydrogen) atoms. The molecule has 0 radical (unpaired) electrons. The minimum atomic E-state index is -0.779. The summed E-state index contributed by atoms with van der Waals surface area (Å²) < 4.78 is 4.66. The van der Waals surface area contributed by atoms with Crippen LogP contribution in [-0.4, -0.2) is 30.1 Å². The first-order valence-electron chi connectivity index (χ1n) is 5.76. The summed E-state index contributed by atoms with van der Waals surface area (Å²) in [7, 11) is 1.26. The second-order valence-corrected chi connectivity index (χ2v) is 4.20. The number of benzene rings is 1. The highest BCUT2D eigenvalue weighted by molar-refractivity contribution is 5.95. The molecule has 0 fully saturated rings. The van der Waals surface area contributed by atoms with Gasteiger partial charge in [0.25, 0.3) is 0 Å². The molecule has 0 aromatic heterocycles. The predicted octanol–water partition coefficient (Wildman–Crippen LogP) is 1.17. The highest BCUT2D eigenvalue weighted by atomic mass is 16.5. The molecular formula is C14H17NO4. The van der Waals surface area contributed by atoms with Crippen molar-refractivity contribution in [3.63, 3.8) is 0 Å². The van der Waals surface area contributed by atoms with Gasteiger partial charge in [0.2, 0.25) is 5.91 Å². The van der Waals surface area contributed by atoms with Crippen LogP contribution < -0.4 is 5.32 Å². The lowest BCUT2D eigenvalue weighted by Crippen LogP contribution is -2.43. The van der Waals surface area contributed by atoms with E-state index in [1.165, 1.54) is 19.2 Å². The van der Waals surface area contributed by atoms with Crippen LogP contribution in [-0.2, 0) is 20.7 Å². The second-order valence-electron chi connectivity index (χ2n) is 4.20. The van der Waals surface area contributed by atoms with E-state index in [0.29, 0.717) is 5.57 Å². The van der Waals surface area contributed by atoms with E-state index >= 15 is 0 Å². The van der Waals surface area contributed by atoms with Crippen molar-refractivity contribution in [3.05, 3.63) is 42.0 Å². The molecule has 0 saturated heterocycles. The number of hydrogen-bond acceptors (Lipinski definition) is 4. The zero-order valence-electron chi connectivity index (χ0n) is 11.0. The number of amides is 1. The van der Waals surface area contributed by atoms with E-state index in [0.717, 1.165) is 5.56 Å². The number of hydrogen-bond donors (Lipinski definition) is 2. The van der Waals surface area contributed by atoms with Crippen molar-refractivity contribution in [1.29, 1.82) is 0 Å². The van der Waals surface area contributed by atoms with Gasteiger partial charge < -0.3 is 15.2 Å². The molecule has 2 N–H and O–H groups in total. The van der Waals surface area contributed by atoms with Gasteiger partial charge >= 0.3 is 5.97 Å². The molecule has 1 amide bonds. The molecule has 0 aliphatic carbocycles. The molecular weight excluding hydrogens is 246 g/mol. The third-order valence-corrected chi connectivity index (χ3v) is 2.55. The van der Waals surface area contributed by atoms with Crippen LogP contribution in [0.1, 0.15) is 12.5 Å². The Labute approximate surface area is 111 Å². The van der Waals surface area contributed by atoms with Gasteiger partial charge in [0.1, 0.15) is 11.8 Å². The van der Waals surface area contributed by atoms with Gasteiger partial charge in [-0.15, -0.1) is 0 Å². The lowest BCUT2D eigenvalue weighted by Gasteiger charge is -2.16. The van der Waals surface area contributed by atoms with E-state index in [-0.39, 0.29) is 12.2 Å². The van der Waals surface area contributed by atoms with Gasteiger partial charge in [0.05, 0.1) is 7.11 Å². The molecule has 1 rings (SSSR count).